The van der Waals surface area contributed by atoms with Crippen LogP contribution in [0.3, 0.4) is 0 Å². The molecule has 21 heavy (non-hydrogen) atoms. The third-order valence-electron chi connectivity index (χ3n) is 2.94. The minimum absolute atomic E-state index is 0.216. The zero-order valence-corrected chi connectivity index (χ0v) is 14.2. The number of thioether (sulfide) groups is 1. The second-order valence-corrected chi connectivity index (χ2v) is 5.93. The van der Waals surface area contributed by atoms with Gasteiger partial charge in [0.1, 0.15) is 0 Å². The van der Waals surface area contributed by atoms with E-state index in [1.807, 2.05) is 29.2 Å². The van der Waals surface area contributed by atoms with Crippen molar-refractivity contribution in [1.29, 1.82) is 0 Å². The van der Waals surface area contributed by atoms with Gasteiger partial charge in [-0.3, -0.25) is 0 Å². The molecule has 0 bridgehead atoms. The Labute approximate surface area is 138 Å². The fraction of sp³-hybridized carbons (Fsp3) is 0.357. The van der Waals surface area contributed by atoms with E-state index in [4.69, 9.17) is 23.2 Å². The molecule has 1 heterocycles. The number of benzene rings is 1. The minimum Gasteiger partial charge on any atom is -0.341 e. The van der Waals surface area contributed by atoms with Gasteiger partial charge in [0.15, 0.2) is 5.16 Å². The molecule has 0 aliphatic carbocycles. The van der Waals surface area contributed by atoms with Gasteiger partial charge in [-0.05, 0) is 37.1 Å². The van der Waals surface area contributed by atoms with Crippen molar-refractivity contribution in [2.24, 2.45) is 0 Å². The van der Waals surface area contributed by atoms with Gasteiger partial charge in [-0.2, -0.15) is 15.0 Å². The molecule has 7 heteroatoms. The lowest BCUT2D eigenvalue weighted by Gasteiger charge is -2.18. The average molecular weight is 343 g/mol. The third-order valence-corrected chi connectivity index (χ3v) is 4.37. The zero-order chi connectivity index (χ0) is 15.2. The standard InChI is InChI=1S/C14H16Cl2N4S/c1-3-20(4-2)13-17-12(16)18-14(19-13)21-9-10-7-5-6-8-11(10)15/h5-8H,3-4,9H2,1-2H3. The van der Waals surface area contributed by atoms with Crippen molar-refractivity contribution in [2.45, 2.75) is 24.8 Å². The van der Waals surface area contributed by atoms with Crippen LogP contribution in [-0.4, -0.2) is 28.0 Å². The van der Waals surface area contributed by atoms with Crippen molar-refractivity contribution >= 4 is 40.9 Å². The highest BCUT2D eigenvalue weighted by atomic mass is 35.5. The van der Waals surface area contributed by atoms with Crippen LogP contribution in [0.2, 0.25) is 10.3 Å². The molecule has 0 spiro atoms. The topological polar surface area (TPSA) is 41.9 Å². The molecule has 0 unspecified atom stereocenters. The number of anilines is 1. The van der Waals surface area contributed by atoms with Gasteiger partial charge in [0.2, 0.25) is 11.2 Å². The van der Waals surface area contributed by atoms with Crippen LogP contribution in [-0.2, 0) is 5.75 Å². The zero-order valence-electron chi connectivity index (χ0n) is 11.9. The van der Waals surface area contributed by atoms with E-state index in [1.54, 1.807) is 0 Å². The van der Waals surface area contributed by atoms with Crippen LogP contribution < -0.4 is 4.90 Å². The Balaban J connectivity index is 2.15. The highest BCUT2D eigenvalue weighted by Gasteiger charge is 2.11. The van der Waals surface area contributed by atoms with Gasteiger partial charge in [-0.25, -0.2) is 0 Å². The van der Waals surface area contributed by atoms with Crippen LogP contribution in [0.5, 0.6) is 0 Å². The van der Waals surface area contributed by atoms with Crippen molar-refractivity contribution < 1.29 is 0 Å². The number of hydrogen-bond acceptors (Lipinski definition) is 5. The molecule has 1 aromatic carbocycles. The van der Waals surface area contributed by atoms with Crippen molar-refractivity contribution in [2.75, 3.05) is 18.0 Å². The van der Waals surface area contributed by atoms with Gasteiger partial charge in [0.05, 0.1) is 0 Å². The molecule has 2 rings (SSSR count). The second kappa shape index (κ2) is 7.82. The molecule has 0 atom stereocenters. The Morgan fingerprint density at radius 1 is 1.05 bits per heavy atom. The summed E-state index contributed by atoms with van der Waals surface area (Å²) in [4.78, 5) is 14.8. The Kier molecular flexibility index (Phi) is 6.08. The predicted octanol–water partition coefficient (Wildman–Crippen LogP) is 4.32. The molecule has 4 nitrogen and oxygen atoms in total. The summed E-state index contributed by atoms with van der Waals surface area (Å²) in [6.07, 6.45) is 0. The molecule has 0 fully saturated rings. The van der Waals surface area contributed by atoms with E-state index in [0.717, 1.165) is 23.7 Å². The monoisotopic (exact) mass is 342 g/mol. The highest BCUT2D eigenvalue weighted by Crippen LogP contribution is 2.26. The van der Waals surface area contributed by atoms with Gasteiger partial charge in [-0.1, -0.05) is 41.6 Å². The predicted molar refractivity (Wildman–Crippen MR) is 89.4 cm³/mol. The largest absolute Gasteiger partial charge is 0.341 e. The van der Waals surface area contributed by atoms with Crippen LogP contribution in [0.25, 0.3) is 0 Å². The van der Waals surface area contributed by atoms with E-state index in [2.05, 4.69) is 28.8 Å². The summed E-state index contributed by atoms with van der Waals surface area (Å²) in [7, 11) is 0. The van der Waals surface area contributed by atoms with Crippen LogP contribution >= 0.6 is 35.0 Å². The summed E-state index contributed by atoms with van der Waals surface area (Å²) in [6.45, 7) is 5.76. The first-order valence-electron chi connectivity index (χ1n) is 6.66. The van der Waals surface area contributed by atoms with Crippen molar-refractivity contribution in [1.82, 2.24) is 15.0 Å². The Morgan fingerprint density at radius 3 is 2.43 bits per heavy atom. The maximum Gasteiger partial charge on any atom is 0.230 e. The van der Waals surface area contributed by atoms with E-state index in [9.17, 15) is 0 Å². The first kappa shape index (κ1) is 16.3. The fourth-order valence-corrected chi connectivity index (χ4v) is 3.11. The fourth-order valence-electron chi connectivity index (χ4n) is 1.79. The van der Waals surface area contributed by atoms with Gasteiger partial charge in [0, 0.05) is 23.9 Å². The minimum atomic E-state index is 0.216. The van der Waals surface area contributed by atoms with Crippen molar-refractivity contribution in [3.05, 3.63) is 40.1 Å². The number of nitrogens with zero attached hydrogens (tertiary/aromatic N) is 4. The molecule has 0 saturated heterocycles. The second-order valence-electron chi connectivity index (χ2n) is 4.24. The summed E-state index contributed by atoms with van der Waals surface area (Å²) in [5.74, 6) is 1.30. The summed E-state index contributed by atoms with van der Waals surface area (Å²) in [6, 6.07) is 7.74. The number of halogens is 2. The SMILES string of the molecule is CCN(CC)c1nc(Cl)nc(SCc2ccccc2Cl)n1. The molecular formula is C14H16Cl2N4S. The Bertz CT molecular complexity index is 605. The lowest BCUT2D eigenvalue weighted by atomic mass is 10.2. The average Bonchev–Trinajstić information content (AvgIpc) is 2.47. The van der Waals surface area contributed by atoms with E-state index in [0.29, 0.717) is 16.9 Å². The molecule has 112 valence electrons. The molecule has 0 N–H and O–H groups in total. The van der Waals surface area contributed by atoms with Gasteiger partial charge in [-0.15, -0.1) is 0 Å². The molecule has 0 aliphatic rings. The quantitative estimate of drug-likeness (QED) is 0.731. The lowest BCUT2D eigenvalue weighted by Crippen LogP contribution is -2.24. The van der Waals surface area contributed by atoms with Crippen LogP contribution in [0, 0.1) is 0 Å². The van der Waals surface area contributed by atoms with Crippen molar-refractivity contribution in [3.8, 4) is 0 Å². The molecule has 0 saturated carbocycles. The molecule has 0 aliphatic heterocycles. The summed E-state index contributed by atoms with van der Waals surface area (Å²) >= 11 is 13.6. The van der Waals surface area contributed by atoms with Gasteiger partial charge in [0.25, 0.3) is 0 Å². The van der Waals surface area contributed by atoms with E-state index in [1.165, 1.54) is 11.8 Å². The van der Waals surface area contributed by atoms with Crippen LogP contribution in [0.4, 0.5) is 5.95 Å². The van der Waals surface area contributed by atoms with Crippen LogP contribution in [0.1, 0.15) is 19.4 Å². The van der Waals surface area contributed by atoms with E-state index >= 15 is 0 Å². The normalized spacial score (nSPS) is 10.7. The summed E-state index contributed by atoms with van der Waals surface area (Å²) in [5.41, 5.74) is 1.05. The summed E-state index contributed by atoms with van der Waals surface area (Å²) < 4.78 is 0. The van der Waals surface area contributed by atoms with E-state index in [-0.39, 0.29) is 5.28 Å². The summed E-state index contributed by atoms with van der Waals surface area (Å²) in [5, 5.41) is 1.57. The molecule has 1 aromatic heterocycles. The third kappa shape index (κ3) is 4.46. The first-order chi connectivity index (χ1) is 10.1. The molecule has 0 amide bonds. The number of rotatable bonds is 6. The maximum absolute atomic E-state index is 6.15. The lowest BCUT2D eigenvalue weighted by molar-refractivity contribution is 0.782. The number of aromatic nitrogens is 3. The smallest absolute Gasteiger partial charge is 0.230 e. The maximum atomic E-state index is 6.15. The van der Waals surface area contributed by atoms with E-state index < -0.39 is 0 Å². The van der Waals surface area contributed by atoms with Gasteiger partial charge >= 0.3 is 0 Å². The number of hydrogen-bond donors (Lipinski definition) is 0. The van der Waals surface area contributed by atoms with Crippen LogP contribution in [0.15, 0.2) is 29.4 Å². The highest BCUT2D eigenvalue weighted by molar-refractivity contribution is 7.98. The molecule has 0 radical (unpaired) electrons. The molecule has 2 aromatic rings. The van der Waals surface area contributed by atoms with Crippen molar-refractivity contribution in [3.63, 3.8) is 0 Å². The Hall–Kier alpha value is -1.04. The molecular weight excluding hydrogens is 327 g/mol. The first-order valence-corrected chi connectivity index (χ1v) is 8.41. The Morgan fingerprint density at radius 2 is 1.76 bits per heavy atom. The van der Waals surface area contributed by atoms with Gasteiger partial charge < -0.3 is 4.90 Å².